The highest BCUT2D eigenvalue weighted by Crippen LogP contribution is 1.99. The molecule has 0 saturated heterocycles. The Bertz CT molecular complexity index is 227. The maximum absolute atomic E-state index is 10.6. The molecule has 0 aliphatic carbocycles. The first-order valence-electron chi connectivity index (χ1n) is 3.93. The normalized spacial score (nSPS) is 11.8. The molecule has 5 heteroatoms. The Balaban J connectivity index is 4.02. The molecule has 0 aliphatic rings. The molecular formula is C8H13NO3S. The summed E-state index contributed by atoms with van der Waals surface area (Å²) in [6.45, 7) is 3.04. The van der Waals surface area contributed by atoms with Crippen molar-refractivity contribution in [1.82, 2.24) is 5.32 Å². The number of carbonyl (C=O) groups is 2. The molecule has 1 amide bonds. The van der Waals surface area contributed by atoms with E-state index in [9.17, 15) is 9.59 Å². The summed E-state index contributed by atoms with van der Waals surface area (Å²) in [6, 6.07) is -0.824. The average Bonchev–Trinajstić information content (AvgIpc) is 1.96. The van der Waals surface area contributed by atoms with E-state index in [2.05, 4.69) is 5.32 Å². The second-order valence-electron chi connectivity index (χ2n) is 2.83. The lowest BCUT2D eigenvalue weighted by atomic mass is 10.1. The highest BCUT2D eigenvalue weighted by atomic mass is 32.1. The van der Waals surface area contributed by atoms with Crippen molar-refractivity contribution in [1.29, 1.82) is 0 Å². The van der Waals surface area contributed by atoms with E-state index < -0.39 is 12.0 Å². The number of amides is 1. The van der Waals surface area contributed by atoms with Crippen LogP contribution < -0.4 is 5.32 Å². The maximum Gasteiger partial charge on any atom is 0.326 e. The third kappa shape index (κ3) is 6.21. The topological polar surface area (TPSA) is 66.4 Å². The molecule has 1 atom stereocenters. The van der Waals surface area contributed by atoms with Crippen LogP contribution in [-0.2, 0) is 9.59 Å². The van der Waals surface area contributed by atoms with E-state index in [1.165, 1.54) is 6.92 Å². The average molecular weight is 203 g/mol. The van der Waals surface area contributed by atoms with E-state index in [4.69, 9.17) is 17.3 Å². The molecule has 74 valence electrons. The third-order valence-electron chi connectivity index (χ3n) is 1.46. The molecule has 0 radical (unpaired) electrons. The summed E-state index contributed by atoms with van der Waals surface area (Å²) in [5.41, 5.74) is 0. The van der Waals surface area contributed by atoms with Crippen LogP contribution in [0.3, 0.4) is 0 Å². The van der Waals surface area contributed by atoms with Gasteiger partial charge in [-0.25, -0.2) is 4.79 Å². The van der Waals surface area contributed by atoms with Crippen molar-refractivity contribution in [3.63, 3.8) is 0 Å². The summed E-state index contributed by atoms with van der Waals surface area (Å²) < 4.78 is 0. The van der Waals surface area contributed by atoms with Crippen LogP contribution in [0.2, 0.25) is 0 Å². The molecule has 0 saturated carbocycles. The van der Waals surface area contributed by atoms with Gasteiger partial charge in [0, 0.05) is 6.92 Å². The van der Waals surface area contributed by atoms with Crippen molar-refractivity contribution < 1.29 is 14.7 Å². The molecule has 0 rings (SSSR count). The minimum absolute atomic E-state index is 0.338. The minimum Gasteiger partial charge on any atom is -0.480 e. The van der Waals surface area contributed by atoms with Crippen LogP contribution >= 0.6 is 12.2 Å². The van der Waals surface area contributed by atoms with E-state index in [0.717, 1.165) is 4.86 Å². The smallest absolute Gasteiger partial charge is 0.326 e. The Morgan fingerprint density at radius 3 is 2.31 bits per heavy atom. The molecule has 0 heterocycles. The van der Waals surface area contributed by atoms with Crippen LogP contribution in [0.25, 0.3) is 0 Å². The SMILES string of the molecule is CC(=O)NC(CCC(C)=S)C(=O)O. The van der Waals surface area contributed by atoms with E-state index in [1.54, 1.807) is 6.92 Å². The van der Waals surface area contributed by atoms with Gasteiger partial charge in [0.1, 0.15) is 6.04 Å². The van der Waals surface area contributed by atoms with Gasteiger partial charge in [-0.05, 0) is 24.6 Å². The van der Waals surface area contributed by atoms with E-state index in [-0.39, 0.29) is 5.91 Å². The van der Waals surface area contributed by atoms with Gasteiger partial charge in [-0.3, -0.25) is 4.79 Å². The Morgan fingerprint density at radius 1 is 1.46 bits per heavy atom. The number of hydrogen-bond acceptors (Lipinski definition) is 3. The van der Waals surface area contributed by atoms with Crippen LogP contribution in [0.1, 0.15) is 26.7 Å². The van der Waals surface area contributed by atoms with E-state index >= 15 is 0 Å². The van der Waals surface area contributed by atoms with Gasteiger partial charge in [0.25, 0.3) is 0 Å². The van der Waals surface area contributed by atoms with Gasteiger partial charge in [0.2, 0.25) is 5.91 Å². The van der Waals surface area contributed by atoms with Crippen molar-refractivity contribution in [3.05, 3.63) is 0 Å². The monoisotopic (exact) mass is 203 g/mol. The number of rotatable bonds is 5. The van der Waals surface area contributed by atoms with Gasteiger partial charge in [0.15, 0.2) is 0 Å². The van der Waals surface area contributed by atoms with Gasteiger partial charge in [0.05, 0.1) is 0 Å². The standard InChI is InChI=1S/C8H13NO3S/c1-5(13)3-4-7(8(11)12)9-6(2)10/h7H,3-4H2,1-2H3,(H,9,10)(H,11,12). The Morgan fingerprint density at radius 2 is 2.00 bits per heavy atom. The maximum atomic E-state index is 10.6. The largest absolute Gasteiger partial charge is 0.480 e. The first-order chi connectivity index (χ1) is 5.93. The van der Waals surface area contributed by atoms with E-state index in [1.807, 2.05) is 0 Å². The fourth-order valence-electron chi connectivity index (χ4n) is 0.850. The molecule has 2 N–H and O–H groups in total. The van der Waals surface area contributed by atoms with Crippen LogP contribution in [0.15, 0.2) is 0 Å². The highest BCUT2D eigenvalue weighted by Gasteiger charge is 2.17. The highest BCUT2D eigenvalue weighted by molar-refractivity contribution is 7.80. The second-order valence-corrected chi connectivity index (χ2v) is 3.53. The number of carbonyl (C=O) groups excluding carboxylic acids is 1. The number of aliphatic carboxylic acids is 1. The summed E-state index contributed by atoms with van der Waals surface area (Å²) in [6.07, 6.45) is 0.886. The van der Waals surface area contributed by atoms with Gasteiger partial charge >= 0.3 is 5.97 Å². The molecule has 0 aromatic carbocycles. The number of carboxylic acid groups (broad SMARTS) is 1. The lowest BCUT2D eigenvalue weighted by molar-refractivity contribution is -0.141. The molecular weight excluding hydrogens is 190 g/mol. The lowest BCUT2D eigenvalue weighted by Gasteiger charge is -2.12. The minimum atomic E-state index is -1.02. The zero-order valence-electron chi connectivity index (χ0n) is 7.66. The fraction of sp³-hybridized carbons (Fsp3) is 0.625. The van der Waals surface area contributed by atoms with Crippen molar-refractivity contribution in [2.45, 2.75) is 32.7 Å². The van der Waals surface area contributed by atoms with Crippen molar-refractivity contribution in [2.24, 2.45) is 0 Å². The van der Waals surface area contributed by atoms with Crippen molar-refractivity contribution >= 4 is 29.0 Å². The van der Waals surface area contributed by atoms with Crippen LogP contribution in [-0.4, -0.2) is 27.9 Å². The number of nitrogens with one attached hydrogen (secondary N) is 1. The lowest BCUT2D eigenvalue weighted by Crippen LogP contribution is -2.39. The Hall–Kier alpha value is -0.970. The molecule has 1 unspecified atom stereocenters. The predicted octanol–water partition coefficient (Wildman–Crippen LogP) is 0.746. The molecule has 0 aromatic rings. The van der Waals surface area contributed by atoms with Crippen LogP contribution in [0, 0.1) is 0 Å². The Kier molecular flexibility index (Phi) is 5.22. The molecule has 0 bridgehead atoms. The summed E-state index contributed by atoms with van der Waals surface area (Å²) in [5.74, 6) is -1.36. The summed E-state index contributed by atoms with van der Waals surface area (Å²) >= 11 is 4.81. The third-order valence-corrected chi connectivity index (χ3v) is 1.66. The zero-order chi connectivity index (χ0) is 10.4. The molecule has 0 aromatic heterocycles. The summed E-state index contributed by atoms with van der Waals surface area (Å²) in [5, 5.41) is 11.0. The van der Waals surface area contributed by atoms with E-state index in [0.29, 0.717) is 12.8 Å². The van der Waals surface area contributed by atoms with Gasteiger partial charge in [-0.2, -0.15) is 0 Å². The zero-order valence-corrected chi connectivity index (χ0v) is 8.48. The number of carboxylic acids is 1. The Labute approximate surface area is 82.3 Å². The van der Waals surface area contributed by atoms with Crippen molar-refractivity contribution in [2.75, 3.05) is 0 Å². The number of thiocarbonyl (C=S) groups is 1. The summed E-state index contributed by atoms with van der Waals surface area (Å²) in [4.78, 5) is 21.9. The molecule has 0 fully saturated rings. The first kappa shape index (κ1) is 12.0. The molecule has 4 nitrogen and oxygen atoms in total. The second kappa shape index (κ2) is 5.64. The number of hydrogen-bond donors (Lipinski definition) is 2. The van der Waals surface area contributed by atoms with Gasteiger partial charge in [-0.15, -0.1) is 0 Å². The van der Waals surface area contributed by atoms with Gasteiger partial charge < -0.3 is 10.4 Å². The fourth-order valence-corrected chi connectivity index (χ4v) is 0.968. The predicted molar refractivity (Wildman–Crippen MR) is 52.7 cm³/mol. The van der Waals surface area contributed by atoms with Gasteiger partial charge in [-0.1, -0.05) is 12.2 Å². The quantitative estimate of drug-likeness (QED) is 0.647. The summed E-state index contributed by atoms with van der Waals surface area (Å²) in [7, 11) is 0. The molecule has 0 spiro atoms. The van der Waals surface area contributed by atoms with Crippen LogP contribution in [0.4, 0.5) is 0 Å². The molecule has 0 aliphatic heterocycles. The van der Waals surface area contributed by atoms with Crippen LogP contribution in [0.5, 0.6) is 0 Å². The first-order valence-corrected chi connectivity index (χ1v) is 4.33. The van der Waals surface area contributed by atoms with Crippen molar-refractivity contribution in [3.8, 4) is 0 Å². The molecule has 13 heavy (non-hydrogen) atoms.